The second-order valence-corrected chi connectivity index (χ2v) is 7.24. The summed E-state index contributed by atoms with van der Waals surface area (Å²) in [5.74, 6) is 2.93. The van der Waals surface area contributed by atoms with Crippen molar-refractivity contribution in [3.63, 3.8) is 0 Å². The molecule has 0 amide bonds. The van der Waals surface area contributed by atoms with Gasteiger partial charge in [-0.05, 0) is 56.4 Å². The van der Waals surface area contributed by atoms with Crippen molar-refractivity contribution in [1.29, 1.82) is 0 Å². The SMILES string of the molecule is CC1CCC(N)C(N2CCC3CCCCC3C2)C1. The molecule has 2 aliphatic carbocycles. The zero-order chi connectivity index (χ0) is 12.5. The molecule has 1 heterocycles. The molecule has 5 atom stereocenters. The van der Waals surface area contributed by atoms with Gasteiger partial charge < -0.3 is 5.73 Å². The summed E-state index contributed by atoms with van der Waals surface area (Å²) < 4.78 is 0. The molecular weight excluding hydrogens is 220 g/mol. The summed E-state index contributed by atoms with van der Waals surface area (Å²) in [7, 11) is 0. The van der Waals surface area contributed by atoms with Crippen molar-refractivity contribution < 1.29 is 0 Å². The average molecular weight is 250 g/mol. The minimum absolute atomic E-state index is 0.446. The molecule has 3 rings (SSSR count). The van der Waals surface area contributed by atoms with Gasteiger partial charge in [0.05, 0.1) is 0 Å². The lowest BCUT2D eigenvalue weighted by atomic mass is 9.73. The second kappa shape index (κ2) is 5.50. The highest BCUT2D eigenvalue weighted by Gasteiger charge is 2.37. The van der Waals surface area contributed by atoms with Gasteiger partial charge in [-0.25, -0.2) is 0 Å². The van der Waals surface area contributed by atoms with Crippen LogP contribution in [0.25, 0.3) is 0 Å². The summed E-state index contributed by atoms with van der Waals surface area (Å²) >= 11 is 0. The Kier molecular flexibility index (Phi) is 3.95. The molecule has 104 valence electrons. The molecule has 0 bridgehead atoms. The molecule has 2 N–H and O–H groups in total. The van der Waals surface area contributed by atoms with Crippen LogP contribution >= 0.6 is 0 Å². The third-order valence-corrected chi connectivity index (χ3v) is 5.92. The molecule has 0 aromatic carbocycles. The number of piperidine rings is 1. The maximum atomic E-state index is 6.40. The van der Waals surface area contributed by atoms with Crippen molar-refractivity contribution in [2.45, 2.75) is 70.4 Å². The zero-order valence-electron chi connectivity index (χ0n) is 12.0. The van der Waals surface area contributed by atoms with Crippen LogP contribution in [0.2, 0.25) is 0 Å². The van der Waals surface area contributed by atoms with Crippen LogP contribution in [0.4, 0.5) is 0 Å². The van der Waals surface area contributed by atoms with E-state index in [-0.39, 0.29) is 0 Å². The van der Waals surface area contributed by atoms with E-state index in [9.17, 15) is 0 Å². The first-order valence-electron chi connectivity index (χ1n) is 8.23. The maximum absolute atomic E-state index is 6.40. The third-order valence-electron chi connectivity index (χ3n) is 5.92. The number of nitrogens with two attached hydrogens (primary N) is 1. The normalized spacial score (nSPS) is 46.7. The Bertz CT molecular complexity index is 278. The molecule has 2 nitrogen and oxygen atoms in total. The lowest BCUT2D eigenvalue weighted by molar-refractivity contribution is 0.0289. The quantitative estimate of drug-likeness (QED) is 0.775. The Balaban J connectivity index is 1.62. The topological polar surface area (TPSA) is 29.3 Å². The van der Waals surface area contributed by atoms with E-state index in [4.69, 9.17) is 5.73 Å². The molecular formula is C16H30N2. The largest absolute Gasteiger partial charge is 0.326 e. The van der Waals surface area contributed by atoms with Gasteiger partial charge in [-0.15, -0.1) is 0 Å². The van der Waals surface area contributed by atoms with E-state index in [0.29, 0.717) is 12.1 Å². The molecule has 1 saturated heterocycles. The van der Waals surface area contributed by atoms with Crippen LogP contribution in [0.5, 0.6) is 0 Å². The van der Waals surface area contributed by atoms with Gasteiger partial charge in [-0.1, -0.05) is 26.2 Å². The summed E-state index contributed by atoms with van der Waals surface area (Å²) in [6.07, 6.45) is 11.3. The highest BCUT2D eigenvalue weighted by Crippen LogP contribution is 2.38. The van der Waals surface area contributed by atoms with E-state index >= 15 is 0 Å². The van der Waals surface area contributed by atoms with Gasteiger partial charge in [-0.2, -0.15) is 0 Å². The van der Waals surface area contributed by atoms with Crippen LogP contribution in [-0.4, -0.2) is 30.1 Å². The summed E-state index contributed by atoms with van der Waals surface area (Å²) in [5, 5.41) is 0. The van der Waals surface area contributed by atoms with Crippen molar-refractivity contribution >= 4 is 0 Å². The van der Waals surface area contributed by atoms with Crippen molar-refractivity contribution in [3.05, 3.63) is 0 Å². The van der Waals surface area contributed by atoms with Crippen LogP contribution < -0.4 is 5.73 Å². The predicted molar refractivity (Wildman–Crippen MR) is 76.4 cm³/mol. The standard InChI is InChI=1S/C16H30N2/c1-12-6-7-15(17)16(10-12)18-9-8-13-4-2-3-5-14(13)11-18/h12-16H,2-11,17H2,1H3. The van der Waals surface area contributed by atoms with E-state index in [1.807, 2.05) is 0 Å². The molecule has 3 aliphatic rings. The Morgan fingerprint density at radius 3 is 2.56 bits per heavy atom. The molecule has 0 radical (unpaired) electrons. The first kappa shape index (κ1) is 12.9. The van der Waals surface area contributed by atoms with Crippen LogP contribution in [0, 0.1) is 17.8 Å². The second-order valence-electron chi connectivity index (χ2n) is 7.24. The van der Waals surface area contributed by atoms with E-state index in [0.717, 1.165) is 17.8 Å². The smallest absolute Gasteiger partial charge is 0.0249 e. The van der Waals surface area contributed by atoms with E-state index in [2.05, 4.69) is 11.8 Å². The molecule has 3 fully saturated rings. The van der Waals surface area contributed by atoms with Crippen molar-refractivity contribution in [2.24, 2.45) is 23.5 Å². The summed E-state index contributed by atoms with van der Waals surface area (Å²) in [6.45, 7) is 5.09. The Hall–Kier alpha value is -0.0800. The fourth-order valence-corrected chi connectivity index (χ4v) is 4.72. The van der Waals surface area contributed by atoms with Crippen LogP contribution in [0.1, 0.15) is 58.3 Å². The number of likely N-dealkylation sites (tertiary alicyclic amines) is 1. The molecule has 0 aromatic rings. The monoisotopic (exact) mass is 250 g/mol. The number of hydrogen-bond donors (Lipinski definition) is 1. The molecule has 1 aliphatic heterocycles. The van der Waals surface area contributed by atoms with Gasteiger partial charge >= 0.3 is 0 Å². The average Bonchev–Trinajstić information content (AvgIpc) is 2.41. The molecule has 2 heteroatoms. The molecule has 0 aromatic heterocycles. The highest BCUT2D eigenvalue weighted by molar-refractivity contribution is 4.92. The minimum atomic E-state index is 0.446. The van der Waals surface area contributed by atoms with Gasteiger partial charge in [0, 0.05) is 18.6 Å². The molecule has 0 spiro atoms. The summed E-state index contributed by atoms with van der Waals surface area (Å²) in [5.41, 5.74) is 6.40. The predicted octanol–water partition coefficient (Wildman–Crippen LogP) is 3.01. The van der Waals surface area contributed by atoms with Crippen LogP contribution in [0.3, 0.4) is 0 Å². The number of rotatable bonds is 1. The lowest BCUT2D eigenvalue weighted by Crippen LogP contribution is -2.55. The molecule has 18 heavy (non-hydrogen) atoms. The van der Waals surface area contributed by atoms with Gasteiger partial charge in [0.1, 0.15) is 0 Å². The van der Waals surface area contributed by atoms with E-state index < -0.39 is 0 Å². The summed E-state index contributed by atoms with van der Waals surface area (Å²) in [4.78, 5) is 2.77. The lowest BCUT2D eigenvalue weighted by Gasteiger charge is -2.48. The first-order chi connectivity index (χ1) is 8.74. The van der Waals surface area contributed by atoms with Crippen LogP contribution in [0.15, 0.2) is 0 Å². The molecule has 2 saturated carbocycles. The van der Waals surface area contributed by atoms with Gasteiger partial charge in [-0.3, -0.25) is 4.90 Å². The van der Waals surface area contributed by atoms with E-state index in [1.54, 1.807) is 0 Å². The Morgan fingerprint density at radius 1 is 0.944 bits per heavy atom. The maximum Gasteiger partial charge on any atom is 0.0249 e. The number of fused-ring (bicyclic) bond motifs is 1. The fraction of sp³-hybridized carbons (Fsp3) is 1.00. The number of nitrogens with zero attached hydrogens (tertiary/aromatic N) is 1. The van der Waals surface area contributed by atoms with E-state index in [1.165, 1.54) is 64.5 Å². The Labute approximate surface area is 112 Å². The fourth-order valence-electron chi connectivity index (χ4n) is 4.72. The minimum Gasteiger partial charge on any atom is -0.326 e. The van der Waals surface area contributed by atoms with Crippen molar-refractivity contribution in [3.8, 4) is 0 Å². The summed E-state index contributed by atoms with van der Waals surface area (Å²) in [6, 6.07) is 1.14. The van der Waals surface area contributed by atoms with Gasteiger partial charge in [0.15, 0.2) is 0 Å². The van der Waals surface area contributed by atoms with Crippen molar-refractivity contribution in [2.75, 3.05) is 13.1 Å². The Morgan fingerprint density at radius 2 is 1.72 bits per heavy atom. The van der Waals surface area contributed by atoms with Crippen molar-refractivity contribution in [1.82, 2.24) is 4.90 Å². The zero-order valence-corrected chi connectivity index (χ0v) is 12.0. The number of hydrogen-bond acceptors (Lipinski definition) is 2. The van der Waals surface area contributed by atoms with Crippen LogP contribution in [-0.2, 0) is 0 Å². The molecule has 5 unspecified atom stereocenters. The first-order valence-corrected chi connectivity index (χ1v) is 8.23. The third kappa shape index (κ3) is 2.60. The van der Waals surface area contributed by atoms with Gasteiger partial charge in [0.25, 0.3) is 0 Å². The van der Waals surface area contributed by atoms with Gasteiger partial charge in [0.2, 0.25) is 0 Å². The highest BCUT2D eigenvalue weighted by atomic mass is 15.2.